The number of halogens is 1. The second-order valence-corrected chi connectivity index (χ2v) is 5.60. The molecule has 1 unspecified atom stereocenters. The lowest BCUT2D eigenvalue weighted by molar-refractivity contribution is 0.225. The van der Waals surface area contributed by atoms with Crippen LogP contribution in [0.25, 0.3) is 0 Å². The molecule has 0 bridgehead atoms. The van der Waals surface area contributed by atoms with Crippen LogP contribution in [-0.4, -0.2) is 5.54 Å². The highest BCUT2D eigenvalue weighted by Gasteiger charge is 2.29. The van der Waals surface area contributed by atoms with E-state index in [1.165, 1.54) is 51.4 Å². The maximum atomic E-state index is 6.51. The monoisotopic (exact) mass is 369 g/mol. The van der Waals surface area contributed by atoms with E-state index in [-0.39, 0.29) is 29.5 Å². The minimum Gasteiger partial charge on any atom is -0.325 e. The Morgan fingerprint density at radius 1 is 0.833 bits per heavy atom. The smallest absolute Gasteiger partial charge is 0.0177 e. The molecule has 0 rings (SSSR count). The Hall–Kier alpha value is 0.690. The molecule has 1 atom stereocenters. The third-order valence-corrected chi connectivity index (χ3v) is 4.53. The molecule has 1 nitrogen and oxygen atoms in total. The van der Waals surface area contributed by atoms with Gasteiger partial charge in [-0.15, -0.1) is 24.0 Å². The first-order valence-electron chi connectivity index (χ1n) is 7.93. The highest BCUT2D eigenvalue weighted by atomic mass is 127. The van der Waals surface area contributed by atoms with Crippen molar-refractivity contribution in [2.45, 2.75) is 97.4 Å². The summed E-state index contributed by atoms with van der Waals surface area (Å²) in [5, 5.41) is 0. The van der Waals surface area contributed by atoms with E-state index in [0.29, 0.717) is 0 Å². The van der Waals surface area contributed by atoms with E-state index in [1.807, 2.05) is 0 Å². The molecule has 0 aromatic carbocycles. The van der Waals surface area contributed by atoms with Crippen molar-refractivity contribution in [1.29, 1.82) is 0 Å². The minimum atomic E-state index is 0. The number of hydrogen-bond donors (Lipinski definition) is 1. The first-order valence-corrected chi connectivity index (χ1v) is 7.93. The molecule has 18 heavy (non-hydrogen) atoms. The maximum absolute atomic E-state index is 6.51. The third-order valence-electron chi connectivity index (χ3n) is 4.53. The van der Waals surface area contributed by atoms with Gasteiger partial charge >= 0.3 is 0 Å². The Kier molecular flexibility index (Phi) is 14.8. The lowest BCUT2D eigenvalue weighted by atomic mass is 9.76. The Balaban J connectivity index is 0. The minimum absolute atomic E-state index is 0. The molecule has 0 aliphatic heterocycles. The van der Waals surface area contributed by atoms with Gasteiger partial charge in [0.15, 0.2) is 0 Å². The summed E-state index contributed by atoms with van der Waals surface area (Å²) in [6.07, 6.45) is 13.2. The molecule has 0 radical (unpaired) electrons. The van der Waals surface area contributed by atoms with Crippen LogP contribution >= 0.6 is 24.0 Å². The second kappa shape index (κ2) is 12.7. The van der Waals surface area contributed by atoms with E-state index in [2.05, 4.69) is 27.7 Å². The normalized spacial score (nSPS) is 13.2. The Bertz CT molecular complexity index is 166. The average molecular weight is 369 g/mol. The molecule has 2 heteroatoms. The molecule has 0 aromatic rings. The van der Waals surface area contributed by atoms with Crippen molar-refractivity contribution in [3.8, 4) is 0 Å². The van der Waals surface area contributed by atoms with Gasteiger partial charge in [-0.2, -0.15) is 0 Å². The first kappa shape index (κ1) is 21.0. The van der Waals surface area contributed by atoms with Crippen LogP contribution in [0.4, 0.5) is 0 Å². The topological polar surface area (TPSA) is 26.0 Å². The van der Waals surface area contributed by atoms with Gasteiger partial charge in [-0.25, -0.2) is 0 Å². The van der Waals surface area contributed by atoms with E-state index in [0.717, 1.165) is 18.8 Å². The zero-order chi connectivity index (χ0) is 13.1. The largest absolute Gasteiger partial charge is 0.325 e. The number of nitrogens with two attached hydrogens (primary N) is 1. The van der Waals surface area contributed by atoms with Crippen molar-refractivity contribution < 1.29 is 0 Å². The fraction of sp³-hybridized carbons (Fsp3) is 1.00. The van der Waals surface area contributed by atoms with Crippen LogP contribution in [0, 0.1) is 5.92 Å². The van der Waals surface area contributed by atoms with Crippen LogP contribution in [0.5, 0.6) is 0 Å². The molecule has 2 N–H and O–H groups in total. The number of hydrogen-bond acceptors (Lipinski definition) is 1. The highest BCUT2D eigenvalue weighted by Crippen LogP contribution is 2.29. The predicted molar refractivity (Wildman–Crippen MR) is 94.7 cm³/mol. The van der Waals surface area contributed by atoms with Crippen LogP contribution in [-0.2, 0) is 0 Å². The summed E-state index contributed by atoms with van der Waals surface area (Å²) in [6.45, 7) is 9.06. The first-order chi connectivity index (χ1) is 8.14. The molecule has 112 valence electrons. The molecule has 0 saturated heterocycles. The van der Waals surface area contributed by atoms with Gasteiger partial charge in [-0.05, 0) is 25.2 Å². The Morgan fingerprint density at radius 3 is 1.78 bits per heavy atom. The van der Waals surface area contributed by atoms with Gasteiger partial charge in [-0.1, -0.05) is 72.6 Å². The van der Waals surface area contributed by atoms with E-state index in [1.54, 1.807) is 0 Å². The molecule has 0 fully saturated rings. The highest BCUT2D eigenvalue weighted by molar-refractivity contribution is 14.0. The molecular formula is C16H36IN. The van der Waals surface area contributed by atoms with Crippen molar-refractivity contribution in [3.63, 3.8) is 0 Å². The fourth-order valence-corrected chi connectivity index (χ4v) is 2.90. The number of rotatable bonds is 11. The second-order valence-electron chi connectivity index (χ2n) is 5.60. The van der Waals surface area contributed by atoms with Crippen LogP contribution in [0.3, 0.4) is 0 Å². The van der Waals surface area contributed by atoms with Crippen molar-refractivity contribution in [3.05, 3.63) is 0 Å². The zero-order valence-electron chi connectivity index (χ0n) is 13.1. The van der Waals surface area contributed by atoms with Crippen molar-refractivity contribution in [2.24, 2.45) is 11.7 Å². The summed E-state index contributed by atoms with van der Waals surface area (Å²) < 4.78 is 0. The van der Waals surface area contributed by atoms with E-state index >= 15 is 0 Å². The molecule has 0 aliphatic carbocycles. The summed E-state index contributed by atoms with van der Waals surface area (Å²) in [4.78, 5) is 0. The zero-order valence-corrected chi connectivity index (χ0v) is 15.5. The summed E-state index contributed by atoms with van der Waals surface area (Å²) in [7, 11) is 0. The average Bonchev–Trinajstić information content (AvgIpc) is 2.37. The van der Waals surface area contributed by atoms with Crippen LogP contribution in [0.1, 0.15) is 91.9 Å². The van der Waals surface area contributed by atoms with Gasteiger partial charge < -0.3 is 5.73 Å². The van der Waals surface area contributed by atoms with Crippen molar-refractivity contribution >= 4 is 24.0 Å². The summed E-state index contributed by atoms with van der Waals surface area (Å²) in [5.41, 5.74) is 6.61. The standard InChI is InChI=1S/C16H35N.HI/c1-5-9-10-11-12-13-14-15(6-2)16(17,7-3)8-4;/h15H,5-14,17H2,1-4H3;1H. The Morgan fingerprint density at radius 2 is 1.33 bits per heavy atom. The van der Waals surface area contributed by atoms with Gasteiger partial charge in [0.25, 0.3) is 0 Å². The van der Waals surface area contributed by atoms with E-state index < -0.39 is 0 Å². The molecule has 0 spiro atoms. The maximum Gasteiger partial charge on any atom is 0.0177 e. The van der Waals surface area contributed by atoms with Crippen LogP contribution < -0.4 is 5.73 Å². The van der Waals surface area contributed by atoms with E-state index in [4.69, 9.17) is 5.73 Å². The van der Waals surface area contributed by atoms with Crippen molar-refractivity contribution in [1.82, 2.24) is 0 Å². The third kappa shape index (κ3) is 7.98. The molecule has 0 heterocycles. The molecule has 0 saturated carbocycles. The van der Waals surface area contributed by atoms with Gasteiger partial charge in [0.05, 0.1) is 0 Å². The molecule has 0 aromatic heterocycles. The molecular weight excluding hydrogens is 333 g/mol. The predicted octanol–water partition coefficient (Wildman–Crippen LogP) is 5.90. The summed E-state index contributed by atoms with van der Waals surface area (Å²) >= 11 is 0. The SMILES string of the molecule is CCCCCCCCC(CC)C(N)(CC)CC.I. The van der Waals surface area contributed by atoms with Crippen LogP contribution in [0.2, 0.25) is 0 Å². The number of unbranched alkanes of at least 4 members (excludes halogenated alkanes) is 5. The lowest BCUT2D eigenvalue weighted by Gasteiger charge is -2.36. The van der Waals surface area contributed by atoms with Gasteiger partial charge in [-0.3, -0.25) is 0 Å². The van der Waals surface area contributed by atoms with Gasteiger partial charge in [0.1, 0.15) is 0 Å². The van der Waals surface area contributed by atoms with E-state index in [9.17, 15) is 0 Å². The summed E-state index contributed by atoms with van der Waals surface area (Å²) in [6, 6.07) is 0. The molecule has 0 amide bonds. The summed E-state index contributed by atoms with van der Waals surface area (Å²) in [5.74, 6) is 0.726. The van der Waals surface area contributed by atoms with Crippen molar-refractivity contribution in [2.75, 3.05) is 0 Å². The van der Waals surface area contributed by atoms with Crippen LogP contribution in [0.15, 0.2) is 0 Å². The van der Waals surface area contributed by atoms with Gasteiger partial charge in [0.2, 0.25) is 0 Å². The quantitative estimate of drug-likeness (QED) is 0.356. The van der Waals surface area contributed by atoms with Gasteiger partial charge in [0, 0.05) is 5.54 Å². The Labute approximate surface area is 133 Å². The molecule has 0 aliphatic rings. The lowest BCUT2D eigenvalue weighted by Crippen LogP contribution is -2.45. The fourth-order valence-electron chi connectivity index (χ4n) is 2.90.